The lowest BCUT2D eigenvalue weighted by Gasteiger charge is -2.23. The molecular weight excluding hydrogens is 264 g/mol. The van der Waals surface area contributed by atoms with Crippen LogP contribution in [0.3, 0.4) is 0 Å². The van der Waals surface area contributed by atoms with Gasteiger partial charge in [-0.05, 0) is 11.6 Å². The van der Waals surface area contributed by atoms with Gasteiger partial charge >= 0.3 is 11.9 Å². The fraction of sp³-hybridized carbons (Fsp3) is 0.429. The van der Waals surface area contributed by atoms with Crippen LogP contribution < -0.4 is 4.74 Å². The molecule has 20 heavy (non-hydrogen) atoms. The lowest BCUT2D eigenvalue weighted by molar-refractivity contribution is -0.146. The molecule has 0 saturated carbocycles. The molecule has 1 heterocycles. The first-order valence-electron chi connectivity index (χ1n) is 6.28. The zero-order valence-electron chi connectivity index (χ0n) is 11.1. The number of hydrogen-bond acceptors (Lipinski definition) is 6. The molecule has 1 N–H and O–H groups in total. The molecule has 1 aliphatic heterocycles. The lowest BCUT2D eigenvalue weighted by Crippen LogP contribution is -2.23. The molecular formula is C14H16O6. The van der Waals surface area contributed by atoms with Gasteiger partial charge in [-0.25, -0.2) is 0 Å². The smallest absolute Gasteiger partial charge is 0.311 e. The van der Waals surface area contributed by atoms with E-state index in [-0.39, 0.29) is 37.1 Å². The number of phenols is 1. The van der Waals surface area contributed by atoms with E-state index < -0.39 is 5.97 Å². The molecule has 2 rings (SSSR count). The Morgan fingerprint density at radius 3 is 3.00 bits per heavy atom. The first kappa shape index (κ1) is 14.3. The summed E-state index contributed by atoms with van der Waals surface area (Å²) in [5.74, 6) is -0.781. The Bertz CT molecular complexity index is 510. The topological polar surface area (TPSA) is 82.1 Å². The first-order chi connectivity index (χ1) is 9.60. The summed E-state index contributed by atoms with van der Waals surface area (Å²) in [5, 5.41) is 9.39. The molecule has 0 aromatic heterocycles. The molecule has 1 atom stereocenters. The summed E-state index contributed by atoms with van der Waals surface area (Å²) < 4.78 is 14.8. The monoisotopic (exact) mass is 280 g/mol. The number of carbonyl (C=O) groups is 2. The van der Waals surface area contributed by atoms with Crippen molar-refractivity contribution in [2.45, 2.75) is 18.8 Å². The van der Waals surface area contributed by atoms with Gasteiger partial charge < -0.3 is 19.3 Å². The number of carbonyl (C=O) groups excluding carboxylic acids is 2. The Balaban J connectivity index is 2.05. The Morgan fingerprint density at radius 2 is 2.25 bits per heavy atom. The van der Waals surface area contributed by atoms with E-state index in [0.29, 0.717) is 12.4 Å². The summed E-state index contributed by atoms with van der Waals surface area (Å²) in [4.78, 5) is 23.2. The molecule has 1 aromatic carbocycles. The minimum absolute atomic E-state index is 0.0138. The average molecular weight is 280 g/mol. The Kier molecular flexibility index (Phi) is 4.57. The fourth-order valence-corrected chi connectivity index (χ4v) is 2.11. The summed E-state index contributed by atoms with van der Waals surface area (Å²) in [6.07, 6.45) is 0.216. The van der Waals surface area contributed by atoms with Crippen LogP contribution >= 0.6 is 0 Å². The highest BCUT2D eigenvalue weighted by molar-refractivity contribution is 5.79. The highest BCUT2D eigenvalue weighted by atomic mass is 16.6. The molecule has 0 aliphatic carbocycles. The minimum atomic E-state index is -0.419. The molecule has 0 saturated heterocycles. The number of phenolic OH excluding ortho intramolecular Hbond substituents is 1. The highest BCUT2D eigenvalue weighted by Gasteiger charge is 2.29. The van der Waals surface area contributed by atoms with Gasteiger partial charge in [0.2, 0.25) is 0 Å². The van der Waals surface area contributed by atoms with Crippen LogP contribution in [0.2, 0.25) is 0 Å². The van der Waals surface area contributed by atoms with Gasteiger partial charge in [0, 0.05) is 19.1 Å². The van der Waals surface area contributed by atoms with Crippen LogP contribution in [-0.2, 0) is 19.1 Å². The molecule has 1 unspecified atom stereocenters. The van der Waals surface area contributed by atoms with Crippen LogP contribution in [0.1, 0.15) is 24.3 Å². The van der Waals surface area contributed by atoms with Gasteiger partial charge in [0.15, 0.2) is 0 Å². The van der Waals surface area contributed by atoms with Gasteiger partial charge in [0.05, 0.1) is 19.4 Å². The van der Waals surface area contributed by atoms with Gasteiger partial charge in [-0.15, -0.1) is 0 Å². The zero-order chi connectivity index (χ0) is 14.5. The lowest BCUT2D eigenvalue weighted by atomic mass is 9.90. The van der Waals surface area contributed by atoms with Gasteiger partial charge in [-0.3, -0.25) is 9.59 Å². The Labute approximate surface area is 116 Å². The zero-order valence-corrected chi connectivity index (χ0v) is 11.1. The van der Waals surface area contributed by atoms with Crippen molar-refractivity contribution in [2.24, 2.45) is 0 Å². The molecule has 1 aliphatic rings. The van der Waals surface area contributed by atoms with Crippen molar-refractivity contribution in [1.29, 1.82) is 0 Å². The summed E-state index contributed by atoms with van der Waals surface area (Å²) >= 11 is 0. The quantitative estimate of drug-likeness (QED) is 0.498. The molecule has 0 amide bonds. The summed E-state index contributed by atoms with van der Waals surface area (Å²) in [6.45, 7) is 0.526. The van der Waals surface area contributed by atoms with E-state index in [4.69, 9.17) is 14.2 Å². The van der Waals surface area contributed by atoms with Crippen LogP contribution in [0.5, 0.6) is 11.5 Å². The van der Waals surface area contributed by atoms with Crippen molar-refractivity contribution in [2.75, 3.05) is 20.3 Å². The highest BCUT2D eigenvalue weighted by Crippen LogP contribution is 2.38. The molecule has 6 heteroatoms. The van der Waals surface area contributed by atoms with E-state index in [1.54, 1.807) is 6.07 Å². The summed E-state index contributed by atoms with van der Waals surface area (Å²) in [6, 6.07) is 4.53. The predicted molar refractivity (Wildman–Crippen MR) is 68.6 cm³/mol. The Hall–Kier alpha value is -2.08. The second-order valence-corrected chi connectivity index (χ2v) is 4.51. The predicted octanol–water partition coefficient (Wildman–Crippen LogP) is 1.36. The normalized spacial score (nSPS) is 17.2. The van der Waals surface area contributed by atoms with Crippen molar-refractivity contribution >= 4 is 11.9 Å². The van der Waals surface area contributed by atoms with Crippen LogP contribution in [0, 0.1) is 0 Å². The van der Waals surface area contributed by atoms with E-state index in [1.165, 1.54) is 19.2 Å². The second kappa shape index (κ2) is 6.38. The molecule has 108 valence electrons. The number of hydrogen-bond donors (Lipinski definition) is 1. The van der Waals surface area contributed by atoms with Crippen molar-refractivity contribution in [3.63, 3.8) is 0 Å². The van der Waals surface area contributed by atoms with Crippen molar-refractivity contribution in [1.82, 2.24) is 0 Å². The third-order valence-electron chi connectivity index (χ3n) is 3.04. The van der Waals surface area contributed by atoms with Crippen molar-refractivity contribution in [3.8, 4) is 11.5 Å². The number of benzene rings is 1. The molecule has 1 aromatic rings. The Morgan fingerprint density at radius 1 is 1.45 bits per heavy atom. The largest absolute Gasteiger partial charge is 0.508 e. The SMILES string of the molecule is COCCOC(=O)CC1CC(=O)Oc2cc(O)ccc21. The van der Waals surface area contributed by atoms with E-state index >= 15 is 0 Å². The fourth-order valence-electron chi connectivity index (χ4n) is 2.11. The first-order valence-corrected chi connectivity index (χ1v) is 6.28. The number of methoxy groups -OCH3 is 1. The van der Waals surface area contributed by atoms with E-state index in [2.05, 4.69) is 0 Å². The summed E-state index contributed by atoms with van der Waals surface area (Å²) in [7, 11) is 1.52. The van der Waals surface area contributed by atoms with Crippen LogP contribution in [0.15, 0.2) is 18.2 Å². The molecule has 0 fully saturated rings. The third-order valence-corrected chi connectivity index (χ3v) is 3.04. The maximum atomic E-state index is 11.7. The number of esters is 2. The average Bonchev–Trinajstić information content (AvgIpc) is 2.38. The minimum Gasteiger partial charge on any atom is -0.508 e. The van der Waals surface area contributed by atoms with Gasteiger partial charge in [0.1, 0.15) is 18.1 Å². The maximum Gasteiger partial charge on any atom is 0.311 e. The molecule has 0 bridgehead atoms. The van der Waals surface area contributed by atoms with Crippen LogP contribution in [-0.4, -0.2) is 37.4 Å². The number of aromatic hydroxyl groups is 1. The van der Waals surface area contributed by atoms with E-state index in [0.717, 1.165) is 5.56 Å². The van der Waals surface area contributed by atoms with E-state index in [1.807, 2.05) is 0 Å². The maximum absolute atomic E-state index is 11.7. The van der Waals surface area contributed by atoms with Gasteiger partial charge in [-0.1, -0.05) is 6.07 Å². The molecule has 0 spiro atoms. The van der Waals surface area contributed by atoms with Crippen molar-refractivity contribution < 1.29 is 28.9 Å². The number of fused-ring (bicyclic) bond motifs is 1. The molecule has 0 radical (unpaired) electrons. The standard InChI is InChI=1S/C14H16O6/c1-18-4-5-19-13(16)6-9-7-14(17)20-12-8-10(15)2-3-11(9)12/h2-3,8-9,15H,4-7H2,1H3. The van der Waals surface area contributed by atoms with Gasteiger partial charge in [0.25, 0.3) is 0 Å². The van der Waals surface area contributed by atoms with Crippen LogP contribution in [0.4, 0.5) is 0 Å². The van der Waals surface area contributed by atoms with Crippen molar-refractivity contribution in [3.05, 3.63) is 23.8 Å². The number of ether oxygens (including phenoxy) is 3. The second-order valence-electron chi connectivity index (χ2n) is 4.51. The van der Waals surface area contributed by atoms with Gasteiger partial charge in [-0.2, -0.15) is 0 Å². The van der Waals surface area contributed by atoms with E-state index in [9.17, 15) is 14.7 Å². The summed E-state index contributed by atoms with van der Waals surface area (Å²) in [5.41, 5.74) is 0.728. The van der Waals surface area contributed by atoms with Crippen LogP contribution in [0.25, 0.3) is 0 Å². The number of rotatable bonds is 5. The third kappa shape index (κ3) is 3.48. The molecule has 6 nitrogen and oxygen atoms in total.